The monoisotopic (exact) mass is 201 g/mol. The van der Waals surface area contributed by atoms with Crippen LogP contribution in [0.4, 0.5) is 0 Å². The standard InChI is InChI=1S/C11H27NSi/c1-7-10(2)8-12(6)13-9-11(3,4)5/h10H,7-9,13H2,1-6H3. The van der Waals surface area contributed by atoms with E-state index in [1.165, 1.54) is 19.0 Å². The van der Waals surface area contributed by atoms with Gasteiger partial charge in [-0.05, 0) is 31.0 Å². The summed E-state index contributed by atoms with van der Waals surface area (Å²) in [5, 5.41) is 0. The van der Waals surface area contributed by atoms with Crippen molar-refractivity contribution in [2.75, 3.05) is 13.6 Å². The molecule has 1 nitrogen and oxygen atoms in total. The predicted octanol–water partition coefficient (Wildman–Crippen LogP) is 2.51. The molecule has 0 N–H and O–H groups in total. The van der Waals surface area contributed by atoms with E-state index < -0.39 is 0 Å². The van der Waals surface area contributed by atoms with Crippen LogP contribution in [0.5, 0.6) is 0 Å². The van der Waals surface area contributed by atoms with Gasteiger partial charge >= 0.3 is 0 Å². The third-order valence-corrected chi connectivity index (χ3v) is 5.31. The van der Waals surface area contributed by atoms with E-state index in [0.29, 0.717) is 5.41 Å². The summed E-state index contributed by atoms with van der Waals surface area (Å²) in [5.41, 5.74) is 0.538. The molecule has 0 amide bonds. The van der Waals surface area contributed by atoms with Crippen molar-refractivity contribution in [3.8, 4) is 0 Å². The van der Waals surface area contributed by atoms with E-state index in [-0.39, 0.29) is 9.68 Å². The van der Waals surface area contributed by atoms with Gasteiger partial charge in [0.2, 0.25) is 0 Å². The van der Waals surface area contributed by atoms with Gasteiger partial charge in [-0.25, -0.2) is 0 Å². The van der Waals surface area contributed by atoms with Crippen LogP contribution in [0.1, 0.15) is 41.0 Å². The van der Waals surface area contributed by atoms with Crippen LogP contribution in [0.25, 0.3) is 0 Å². The highest BCUT2D eigenvalue weighted by Crippen LogP contribution is 2.18. The second-order valence-corrected chi connectivity index (χ2v) is 7.61. The van der Waals surface area contributed by atoms with E-state index in [0.717, 1.165) is 5.92 Å². The molecule has 0 radical (unpaired) electrons. The maximum Gasteiger partial charge on any atom is 0.0952 e. The van der Waals surface area contributed by atoms with Crippen molar-refractivity contribution in [3.63, 3.8) is 0 Å². The Labute approximate surface area is 86.8 Å². The van der Waals surface area contributed by atoms with Gasteiger partial charge in [0.1, 0.15) is 0 Å². The molecular weight excluding hydrogens is 174 g/mol. The molecule has 0 aromatic rings. The first-order chi connectivity index (χ1) is 5.85. The van der Waals surface area contributed by atoms with Crippen molar-refractivity contribution in [1.82, 2.24) is 4.57 Å². The molecule has 0 saturated heterocycles. The van der Waals surface area contributed by atoms with E-state index in [9.17, 15) is 0 Å². The second-order valence-electron chi connectivity index (χ2n) is 5.59. The highest BCUT2D eigenvalue weighted by atomic mass is 28.2. The molecule has 0 saturated carbocycles. The molecule has 0 bridgehead atoms. The topological polar surface area (TPSA) is 3.24 Å². The van der Waals surface area contributed by atoms with Gasteiger partial charge in [0, 0.05) is 0 Å². The summed E-state index contributed by atoms with van der Waals surface area (Å²) < 4.78 is 2.60. The summed E-state index contributed by atoms with van der Waals surface area (Å²) in [4.78, 5) is 0. The number of hydrogen-bond acceptors (Lipinski definition) is 1. The lowest BCUT2D eigenvalue weighted by Crippen LogP contribution is -2.30. The molecule has 0 heterocycles. The molecule has 0 fully saturated rings. The zero-order chi connectivity index (χ0) is 10.5. The van der Waals surface area contributed by atoms with E-state index in [4.69, 9.17) is 0 Å². The Bertz CT molecular complexity index is 129. The van der Waals surface area contributed by atoms with Crippen molar-refractivity contribution in [2.45, 2.75) is 47.1 Å². The quantitative estimate of drug-likeness (QED) is 0.618. The minimum absolute atomic E-state index is 0.0127. The van der Waals surface area contributed by atoms with Crippen LogP contribution in [-0.2, 0) is 0 Å². The Morgan fingerprint density at radius 3 is 2.23 bits per heavy atom. The summed E-state index contributed by atoms with van der Waals surface area (Å²) in [7, 11) is 2.31. The van der Waals surface area contributed by atoms with Crippen LogP contribution < -0.4 is 0 Å². The highest BCUT2D eigenvalue weighted by molar-refractivity contribution is 6.32. The number of hydrogen-bond donors (Lipinski definition) is 0. The molecule has 1 atom stereocenters. The van der Waals surface area contributed by atoms with Crippen LogP contribution in [0.3, 0.4) is 0 Å². The van der Waals surface area contributed by atoms with Crippen molar-refractivity contribution >= 4 is 9.68 Å². The fourth-order valence-electron chi connectivity index (χ4n) is 1.28. The lowest BCUT2D eigenvalue weighted by molar-refractivity contribution is 0.395. The summed E-state index contributed by atoms with van der Waals surface area (Å²) in [5.74, 6) is 0.873. The summed E-state index contributed by atoms with van der Waals surface area (Å²) in [6.45, 7) is 13.0. The minimum Gasteiger partial charge on any atom is -0.331 e. The summed E-state index contributed by atoms with van der Waals surface area (Å²) in [6, 6.07) is 1.43. The smallest absolute Gasteiger partial charge is 0.0952 e. The first kappa shape index (κ1) is 13.2. The molecule has 0 aromatic heterocycles. The van der Waals surface area contributed by atoms with Gasteiger partial charge in [0.25, 0.3) is 0 Å². The van der Waals surface area contributed by atoms with Gasteiger partial charge in [0.15, 0.2) is 0 Å². The highest BCUT2D eigenvalue weighted by Gasteiger charge is 2.12. The van der Waals surface area contributed by atoms with Crippen LogP contribution in [-0.4, -0.2) is 27.8 Å². The van der Waals surface area contributed by atoms with E-state index in [1.807, 2.05) is 0 Å². The Morgan fingerprint density at radius 1 is 1.31 bits per heavy atom. The molecule has 0 aromatic carbocycles. The van der Waals surface area contributed by atoms with Crippen LogP contribution >= 0.6 is 0 Å². The Morgan fingerprint density at radius 2 is 1.85 bits per heavy atom. The molecule has 13 heavy (non-hydrogen) atoms. The van der Waals surface area contributed by atoms with Gasteiger partial charge < -0.3 is 4.57 Å². The fourth-order valence-corrected chi connectivity index (χ4v) is 2.95. The molecule has 0 aliphatic carbocycles. The molecular formula is C11H27NSi. The average molecular weight is 201 g/mol. The Balaban J connectivity index is 3.57. The predicted molar refractivity (Wildman–Crippen MR) is 64.9 cm³/mol. The lowest BCUT2D eigenvalue weighted by atomic mass is 10.0. The van der Waals surface area contributed by atoms with Crippen LogP contribution in [0.15, 0.2) is 0 Å². The van der Waals surface area contributed by atoms with Gasteiger partial charge in [-0.1, -0.05) is 41.0 Å². The molecule has 0 aliphatic heterocycles. The molecule has 0 spiro atoms. The molecule has 0 rings (SSSR count). The lowest BCUT2D eigenvalue weighted by Gasteiger charge is -2.24. The maximum atomic E-state index is 2.60. The molecule has 2 heteroatoms. The first-order valence-corrected chi connectivity index (χ1v) is 7.17. The fraction of sp³-hybridized carbons (Fsp3) is 1.00. The van der Waals surface area contributed by atoms with Gasteiger partial charge in [0.05, 0.1) is 9.68 Å². The third-order valence-electron chi connectivity index (χ3n) is 2.56. The van der Waals surface area contributed by atoms with Crippen molar-refractivity contribution in [3.05, 3.63) is 0 Å². The summed E-state index contributed by atoms with van der Waals surface area (Å²) >= 11 is 0. The van der Waals surface area contributed by atoms with Crippen LogP contribution in [0, 0.1) is 11.3 Å². The Hall–Kier alpha value is 0.177. The zero-order valence-corrected chi connectivity index (χ0v) is 11.8. The number of rotatable bonds is 5. The maximum absolute atomic E-state index is 2.60. The average Bonchev–Trinajstić information content (AvgIpc) is 1.99. The van der Waals surface area contributed by atoms with Gasteiger partial charge in [-0.2, -0.15) is 0 Å². The van der Waals surface area contributed by atoms with Crippen molar-refractivity contribution < 1.29 is 0 Å². The Kier molecular flexibility index (Phi) is 5.89. The van der Waals surface area contributed by atoms with E-state index >= 15 is 0 Å². The third kappa shape index (κ3) is 8.51. The minimum atomic E-state index is 0.0127. The molecule has 0 aliphatic rings. The molecule has 1 unspecified atom stereocenters. The van der Waals surface area contributed by atoms with Crippen LogP contribution in [0.2, 0.25) is 6.04 Å². The zero-order valence-electron chi connectivity index (χ0n) is 10.4. The SMILES string of the molecule is CCC(C)CN(C)[SiH2]CC(C)(C)C. The van der Waals surface area contributed by atoms with Gasteiger partial charge in [-0.3, -0.25) is 0 Å². The number of nitrogens with zero attached hydrogens (tertiary/aromatic N) is 1. The summed E-state index contributed by atoms with van der Waals surface area (Å²) in [6.07, 6.45) is 1.31. The van der Waals surface area contributed by atoms with E-state index in [1.54, 1.807) is 0 Å². The van der Waals surface area contributed by atoms with Gasteiger partial charge in [-0.15, -0.1) is 0 Å². The first-order valence-electron chi connectivity index (χ1n) is 5.53. The second kappa shape index (κ2) is 5.81. The van der Waals surface area contributed by atoms with Crippen molar-refractivity contribution in [1.29, 1.82) is 0 Å². The van der Waals surface area contributed by atoms with Crippen molar-refractivity contribution in [2.24, 2.45) is 11.3 Å². The largest absolute Gasteiger partial charge is 0.331 e. The van der Waals surface area contributed by atoms with E-state index in [2.05, 4.69) is 46.2 Å². The normalized spacial score (nSPS) is 15.9. The molecule has 80 valence electrons.